The van der Waals surface area contributed by atoms with Crippen LogP contribution in [-0.2, 0) is 6.54 Å². The second-order valence-corrected chi connectivity index (χ2v) is 5.91. The van der Waals surface area contributed by atoms with Gasteiger partial charge in [-0.15, -0.1) is 0 Å². The smallest absolute Gasteiger partial charge is 0.0438 e. The predicted octanol–water partition coefficient (Wildman–Crippen LogP) is 4.17. The van der Waals surface area contributed by atoms with Crippen LogP contribution >= 0.6 is 11.6 Å². The molecule has 2 rings (SSSR count). The second kappa shape index (κ2) is 5.88. The Bertz CT molecular complexity index is 375. The maximum atomic E-state index is 6.11. The maximum Gasteiger partial charge on any atom is 0.0438 e. The zero-order valence-electron chi connectivity index (χ0n) is 10.8. The fourth-order valence-electron chi connectivity index (χ4n) is 2.68. The van der Waals surface area contributed by atoms with Gasteiger partial charge in [0.2, 0.25) is 0 Å². The largest absolute Gasteiger partial charge is 0.312 e. The first-order valence-electron chi connectivity index (χ1n) is 6.61. The van der Waals surface area contributed by atoms with Crippen molar-refractivity contribution in [2.24, 2.45) is 11.8 Å². The molecular formula is C15H22ClN. The van der Waals surface area contributed by atoms with E-state index in [1.54, 1.807) is 0 Å². The second-order valence-electron chi connectivity index (χ2n) is 5.50. The zero-order chi connectivity index (χ0) is 12.3. The molecule has 1 aromatic carbocycles. The Morgan fingerprint density at radius 3 is 2.82 bits per heavy atom. The molecule has 0 amide bonds. The van der Waals surface area contributed by atoms with Crippen molar-refractivity contribution in [3.8, 4) is 0 Å². The van der Waals surface area contributed by atoms with E-state index in [2.05, 4.69) is 30.4 Å². The highest BCUT2D eigenvalue weighted by atomic mass is 35.5. The Labute approximate surface area is 110 Å². The molecule has 94 valence electrons. The third-order valence-electron chi connectivity index (χ3n) is 3.80. The van der Waals surface area contributed by atoms with Gasteiger partial charge in [-0.1, -0.05) is 37.1 Å². The quantitative estimate of drug-likeness (QED) is 0.847. The van der Waals surface area contributed by atoms with Gasteiger partial charge in [0.15, 0.2) is 0 Å². The lowest BCUT2D eigenvalue weighted by Crippen LogP contribution is -2.20. The van der Waals surface area contributed by atoms with E-state index in [4.69, 9.17) is 11.6 Å². The Morgan fingerprint density at radius 1 is 1.35 bits per heavy atom. The molecule has 0 bridgehead atoms. The van der Waals surface area contributed by atoms with Crippen LogP contribution in [0.1, 0.15) is 37.3 Å². The summed E-state index contributed by atoms with van der Waals surface area (Å²) in [5.41, 5.74) is 2.44. The number of hydrogen-bond donors (Lipinski definition) is 1. The number of rotatable bonds is 4. The summed E-state index contributed by atoms with van der Waals surface area (Å²) in [6.07, 6.45) is 4.19. The molecule has 2 heteroatoms. The summed E-state index contributed by atoms with van der Waals surface area (Å²) in [5, 5.41) is 4.43. The molecule has 1 aliphatic carbocycles. The van der Waals surface area contributed by atoms with Gasteiger partial charge in [-0.2, -0.15) is 0 Å². The van der Waals surface area contributed by atoms with Gasteiger partial charge in [0, 0.05) is 11.6 Å². The van der Waals surface area contributed by atoms with E-state index >= 15 is 0 Å². The van der Waals surface area contributed by atoms with Crippen LogP contribution < -0.4 is 5.32 Å². The first-order valence-corrected chi connectivity index (χ1v) is 6.98. The van der Waals surface area contributed by atoms with Crippen molar-refractivity contribution in [2.45, 2.75) is 39.7 Å². The van der Waals surface area contributed by atoms with Crippen LogP contribution in [0.4, 0.5) is 0 Å². The van der Waals surface area contributed by atoms with Crippen molar-refractivity contribution in [2.75, 3.05) is 6.54 Å². The number of halogens is 1. The fourth-order valence-corrected chi connectivity index (χ4v) is 2.88. The molecule has 17 heavy (non-hydrogen) atoms. The Kier molecular flexibility index (Phi) is 4.47. The normalized spacial score (nSPS) is 24.2. The predicted molar refractivity (Wildman–Crippen MR) is 74.4 cm³/mol. The first kappa shape index (κ1) is 12.9. The summed E-state index contributed by atoms with van der Waals surface area (Å²) in [5.74, 6) is 1.81. The summed E-state index contributed by atoms with van der Waals surface area (Å²) < 4.78 is 0. The minimum atomic E-state index is 0.874. The SMILES string of the molecule is Cc1ccc(CNCC2CCC(C)C2)cc1Cl. The third kappa shape index (κ3) is 3.72. The molecule has 1 fully saturated rings. The van der Waals surface area contributed by atoms with Gasteiger partial charge < -0.3 is 5.32 Å². The van der Waals surface area contributed by atoms with Crippen LogP contribution in [0, 0.1) is 18.8 Å². The van der Waals surface area contributed by atoms with Gasteiger partial charge in [0.25, 0.3) is 0 Å². The molecule has 1 saturated carbocycles. The van der Waals surface area contributed by atoms with Gasteiger partial charge in [-0.25, -0.2) is 0 Å². The molecule has 1 aliphatic rings. The highest BCUT2D eigenvalue weighted by Crippen LogP contribution is 2.29. The van der Waals surface area contributed by atoms with Gasteiger partial charge in [0.1, 0.15) is 0 Å². The molecule has 2 atom stereocenters. The van der Waals surface area contributed by atoms with Gasteiger partial charge in [-0.05, 0) is 55.3 Å². The molecular weight excluding hydrogens is 230 g/mol. The summed E-state index contributed by atoms with van der Waals surface area (Å²) in [4.78, 5) is 0. The van der Waals surface area contributed by atoms with Crippen LogP contribution in [0.5, 0.6) is 0 Å². The monoisotopic (exact) mass is 251 g/mol. The van der Waals surface area contributed by atoms with Gasteiger partial charge in [-0.3, -0.25) is 0 Å². The Hall–Kier alpha value is -0.530. The van der Waals surface area contributed by atoms with E-state index < -0.39 is 0 Å². The van der Waals surface area contributed by atoms with E-state index in [-0.39, 0.29) is 0 Å². The maximum absolute atomic E-state index is 6.11. The van der Waals surface area contributed by atoms with E-state index in [1.807, 2.05) is 6.92 Å². The van der Waals surface area contributed by atoms with Crippen molar-refractivity contribution in [1.29, 1.82) is 0 Å². The number of benzene rings is 1. The molecule has 2 unspecified atom stereocenters. The lowest BCUT2D eigenvalue weighted by Gasteiger charge is -2.11. The summed E-state index contributed by atoms with van der Waals surface area (Å²) in [6.45, 7) is 6.49. The van der Waals surface area contributed by atoms with Gasteiger partial charge >= 0.3 is 0 Å². The van der Waals surface area contributed by atoms with E-state index in [1.165, 1.54) is 24.8 Å². The molecule has 1 aromatic rings. The minimum absolute atomic E-state index is 0.874. The van der Waals surface area contributed by atoms with E-state index in [0.717, 1.165) is 35.5 Å². The lowest BCUT2D eigenvalue weighted by molar-refractivity contribution is 0.470. The molecule has 0 radical (unpaired) electrons. The topological polar surface area (TPSA) is 12.0 Å². The molecule has 0 saturated heterocycles. The van der Waals surface area contributed by atoms with Crippen LogP contribution in [0.3, 0.4) is 0 Å². The standard InChI is InChI=1S/C15H22ClN/c1-11-3-5-13(7-11)9-17-10-14-6-4-12(2)15(16)8-14/h4,6,8,11,13,17H,3,5,7,9-10H2,1-2H3. The zero-order valence-corrected chi connectivity index (χ0v) is 11.6. The van der Waals surface area contributed by atoms with Crippen LogP contribution in [0.25, 0.3) is 0 Å². The number of hydrogen-bond acceptors (Lipinski definition) is 1. The van der Waals surface area contributed by atoms with Crippen molar-refractivity contribution in [3.05, 3.63) is 34.3 Å². The average Bonchev–Trinajstić information content (AvgIpc) is 2.70. The van der Waals surface area contributed by atoms with Crippen molar-refractivity contribution < 1.29 is 0 Å². The third-order valence-corrected chi connectivity index (χ3v) is 4.21. The lowest BCUT2D eigenvalue weighted by atomic mass is 10.1. The fraction of sp³-hybridized carbons (Fsp3) is 0.600. The van der Waals surface area contributed by atoms with Crippen LogP contribution in [-0.4, -0.2) is 6.54 Å². The summed E-state index contributed by atoms with van der Waals surface area (Å²) in [7, 11) is 0. The van der Waals surface area contributed by atoms with Crippen molar-refractivity contribution >= 4 is 11.6 Å². The van der Waals surface area contributed by atoms with E-state index in [0.29, 0.717) is 0 Å². The molecule has 0 spiro atoms. The summed E-state index contributed by atoms with van der Waals surface area (Å²) >= 11 is 6.11. The first-order chi connectivity index (χ1) is 8.15. The molecule has 0 heterocycles. The van der Waals surface area contributed by atoms with Crippen LogP contribution in [0.15, 0.2) is 18.2 Å². The highest BCUT2D eigenvalue weighted by Gasteiger charge is 2.20. The molecule has 1 N–H and O–H groups in total. The van der Waals surface area contributed by atoms with Crippen molar-refractivity contribution in [3.63, 3.8) is 0 Å². The Balaban J connectivity index is 1.76. The Morgan fingerprint density at radius 2 is 2.18 bits per heavy atom. The average molecular weight is 252 g/mol. The highest BCUT2D eigenvalue weighted by molar-refractivity contribution is 6.31. The molecule has 0 aromatic heterocycles. The number of aryl methyl sites for hydroxylation is 1. The number of nitrogens with one attached hydrogen (secondary N) is 1. The van der Waals surface area contributed by atoms with Crippen molar-refractivity contribution in [1.82, 2.24) is 5.32 Å². The molecule has 1 nitrogen and oxygen atoms in total. The van der Waals surface area contributed by atoms with E-state index in [9.17, 15) is 0 Å². The summed E-state index contributed by atoms with van der Waals surface area (Å²) in [6, 6.07) is 6.32. The minimum Gasteiger partial charge on any atom is -0.312 e. The van der Waals surface area contributed by atoms with Gasteiger partial charge in [0.05, 0.1) is 0 Å². The van der Waals surface area contributed by atoms with Crippen LogP contribution in [0.2, 0.25) is 5.02 Å². The molecule has 0 aliphatic heterocycles.